The molecular formula is C41H53N5OS2. The molecule has 4 fully saturated rings. The number of aromatic hydroxyl groups is 1. The van der Waals surface area contributed by atoms with Crippen LogP contribution in [0.25, 0.3) is 0 Å². The van der Waals surface area contributed by atoms with Crippen LogP contribution in [0.4, 0.5) is 0 Å². The normalized spacial score (nSPS) is 24.2. The molecule has 3 saturated heterocycles. The van der Waals surface area contributed by atoms with E-state index in [-0.39, 0.29) is 6.04 Å². The van der Waals surface area contributed by atoms with Gasteiger partial charge in [0.1, 0.15) is 5.75 Å². The summed E-state index contributed by atoms with van der Waals surface area (Å²) in [4.78, 5) is 10.4. The highest BCUT2D eigenvalue weighted by Gasteiger charge is 2.41. The molecule has 3 aromatic rings. The number of nitrogens with zero attached hydrogens (tertiary/aromatic N) is 4. The highest BCUT2D eigenvalue weighted by atomic mass is 32.1. The van der Waals surface area contributed by atoms with Crippen LogP contribution in [0, 0.1) is 5.92 Å². The second-order valence-corrected chi connectivity index (χ2v) is 15.7. The van der Waals surface area contributed by atoms with Gasteiger partial charge < -0.3 is 25.1 Å². The van der Waals surface area contributed by atoms with Gasteiger partial charge in [0.05, 0.1) is 12.1 Å². The van der Waals surface area contributed by atoms with Gasteiger partial charge in [-0.2, -0.15) is 0 Å². The first kappa shape index (κ1) is 34.3. The van der Waals surface area contributed by atoms with Crippen LogP contribution in [-0.4, -0.2) is 98.4 Å². The van der Waals surface area contributed by atoms with E-state index in [1.54, 1.807) is 0 Å². The molecule has 1 saturated carbocycles. The van der Waals surface area contributed by atoms with Crippen LogP contribution < -0.4 is 5.32 Å². The van der Waals surface area contributed by atoms with Crippen LogP contribution in [0.1, 0.15) is 61.6 Å². The molecule has 3 heterocycles. The molecule has 49 heavy (non-hydrogen) atoms. The number of hydrogen-bond acceptors (Lipinski definition) is 4. The van der Waals surface area contributed by atoms with Crippen LogP contribution in [0.3, 0.4) is 0 Å². The fourth-order valence-electron chi connectivity index (χ4n) is 8.87. The number of rotatable bonds is 13. The van der Waals surface area contributed by atoms with E-state index in [1.807, 2.05) is 12.1 Å². The quantitative estimate of drug-likeness (QED) is 0.193. The second kappa shape index (κ2) is 16.2. The van der Waals surface area contributed by atoms with Crippen LogP contribution in [0.15, 0.2) is 84.9 Å². The van der Waals surface area contributed by atoms with Crippen molar-refractivity contribution in [1.29, 1.82) is 0 Å². The number of phenols is 1. The van der Waals surface area contributed by atoms with Crippen LogP contribution in [0.2, 0.25) is 0 Å². The minimum atomic E-state index is 0.246. The highest BCUT2D eigenvalue weighted by molar-refractivity contribution is 7.80. The molecule has 2 N–H and O–H groups in total. The van der Waals surface area contributed by atoms with E-state index in [2.05, 4.69) is 97.7 Å². The maximum absolute atomic E-state index is 10.1. The van der Waals surface area contributed by atoms with E-state index in [9.17, 15) is 5.11 Å². The Morgan fingerprint density at radius 3 is 2.06 bits per heavy atom. The van der Waals surface area contributed by atoms with Crippen molar-refractivity contribution in [2.24, 2.45) is 5.92 Å². The summed E-state index contributed by atoms with van der Waals surface area (Å²) in [5, 5.41) is 15.5. The van der Waals surface area contributed by atoms with Gasteiger partial charge in [0.15, 0.2) is 10.2 Å². The van der Waals surface area contributed by atoms with Crippen molar-refractivity contribution in [3.05, 3.63) is 102 Å². The average Bonchev–Trinajstić information content (AvgIpc) is 3.80. The van der Waals surface area contributed by atoms with Crippen LogP contribution in [0.5, 0.6) is 5.75 Å². The fraction of sp³-hybridized carbons (Fsp3) is 0.512. The third kappa shape index (κ3) is 8.58. The molecule has 3 aliphatic heterocycles. The number of hydrogen-bond donors (Lipinski definition) is 2. The van der Waals surface area contributed by atoms with E-state index in [1.165, 1.54) is 61.6 Å². The van der Waals surface area contributed by atoms with E-state index >= 15 is 0 Å². The monoisotopic (exact) mass is 695 g/mol. The third-order valence-electron chi connectivity index (χ3n) is 11.5. The standard InChI is InChI=1S/C41H53N5OS2/c47-39-20-18-33(19-21-39)25-37(28-43-22-10-17-35(43)29-44-36(26-42-40(44)48)23-31-11-4-1-5-12-31)46-30-38(24-32-13-6-2-7-14-32)45(41(46)49)27-34-15-8-3-9-16-34/h1-2,4-7,11-14,18-21,34-38,47H,3,8-10,15-17,22-30H2,(H,42,48)/t35?,36-,37-,38-/m0/s1. The summed E-state index contributed by atoms with van der Waals surface area (Å²) in [6.45, 7) is 5.98. The van der Waals surface area contributed by atoms with Crippen molar-refractivity contribution in [2.75, 3.05) is 39.3 Å². The molecule has 4 atom stereocenters. The molecule has 1 unspecified atom stereocenters. The van der Waals surface area contributed by atoms with Crippen LogP contribution in [-0.2, 0) is 19.3 Å². The summed E-state index contributed by atoms with van der Waals surface area (Å²) < 4.78 is 0. The molecule has 0 bridgehead atoms. The summed E-state index contributed by atoms with van der Waals surface area (Å²) in [5.41, 5.74) is 4.01. The Morgan fingerprint density at radius 2 is 1.37 bits per heavy atom. The number of nitrogens with one attached hydrogen (secondary N) is 1. The zero-order valence-corrected chi connectivity index (χ0v) is 30.5. The van der Waals surface area contributed by atoms with Gasteiger partial charge in [-0.25, -0.2) is 0 Å². The van der Waals surface area contributed by atoms with Crippen molar-refractivity contribution in [2.45, 2.75) is 88.4 Å². The van der Waals surface area contributed by atoms with Gasteiger partial charge >= 0.3 is 0 Å². The molecule has 1 aliphatic carbocycles. The summed E-state index contributed by atoms with van der Waals surface area (Å²) in [7, 11) is 0. The van der Waals surface area contributed by atoms with Gasteiger partial charge in [-0.1, -0.05) is 92.1 Å². The Morgan fingerprint density at radius 1 is 0.694 bits per heavy atom. The molecule has 0 spiro atoms. The Kier molecular flexibility index (Phi) is 11.3. The largest absolute Gasteiger partial charge is 0.508 e. The fourth-order valence-corrected chi connectivity index (χ4v) is 9.62. The summed E-state index contributed by atoms with van der Waals surface area (Å²) in [6.07, 6.45) is 12.0. The summed E-state index contributed by atoms with van der Waals surface area (Å²) in [5.74, 6) is 1.05. The first-order valence-electron chi connectivity index (χ1n) is 18.7. The Bertz CT molecular complexity index is 1520. The van der Waals surface area contributed by atoms with Crippen molar-refractivity contribution in [1.82, 2.24) is 24.9 Å². The molecule has 0 radical (unpaired) electrons. The zero-order chi connectivity index (χ0) is 33.6. The SMILES string of the molecule is Oc1ccc(C[C@@H](CN2CCCC2CN2C(=S)NC[C@@H]2Cc2ccccc2)N2C[C@H](Cc3ccccc3)N(CC3CCCCC3)C2=S)cc1. The Labute approximate surface area is 304 Å². The molecule has 3 aromatic carbocycles. The smallest absolute Gasteiger partial charge is 0.172 e. The predicted octanol–water partition coefficient (Wildman–Crippen LogP) is 6.66. The van der Waals surface area contributed by atoms with Crippen LogP contribution >= 0.6 is 24.4 Å². The van der Waals surface area contributed by atoms with Crippen molar-refractivity contribution in [3.63, 3.8) is 0 Å². The molecule has 7 rings (SSSR count). The maximum atomic E-state index is 10.1. The zero-order valence-electron chi connectivity index (χ0n) is 28.8. The van der Waals surface area contributed by atoms with E-state index in [0.717, 1.165) is 74.7 Å². The van der Waals surface area contributed by atoms with Gasteiger partial charge in [0, 0.05) is 44.8 Å². The molecule has 0 aromatic heterocycles. The van der Waals surface area contributed by atoms with Crippen molar-refractivity contribution >= 4 is 34.7 Å². The number of thiocarbonyl (C=S) groups is 2. The topological polar surface area (TPSA) is 45.2 Å². The molecule has 6 nitrogen and oxygen atoms in total. The lowest BCUT2D eigenvalue weighted by molar-refractivity contribution is 0.159. The summed E-state index contributed by atoms with van der Waals surface area (Å²) in [6, 6.07) is 31.1. The van der Waals surface area contributed by atoms with Crippen molar-refractivity contribution < 1.29 is 5.11 Å². The van der Waals surface area contributed by atoms with Gasteiger partial charge in [0.25, 0.3) is 0 Å². The first-order valence-corrected chi connectivity index (χ1v) is 19.5. The second-order valence-electron chi connectivity index (χ2n) is 14.9. The van der Waals surface area contributed by atoms with Gasteiger partial charge in [-0.3, -0.25) is 4.90 Å². The Hall–Kier alpha value is -3.20. The lowest BCUT2D eigenvalue weighted by Crippen LogP contribution is -2.51. The highest BCUT2D eigenvalue weighted by Crippen LogP contribution is 2.31. The van der Waals surface area contributed by atoms with Gasteiger partial charge in [-0.15, -0.1) is 0 Å². The minimum absolute atomic E-state index is 0.246. The molecular weight excluding hydrogens is 643 g/mol. The number of benzene rings is 3. The maximum Gasteiger partial charge on any atom is 0.172 e. The molecule has 260 valence electrons. The van der Waals surface area contributed by atoms with Gasteiger partial charge in [0.2, 0.25) is 0 Å². The summed E-state index contributed by atoms with van der Waals surface area (Å²) >= 11 is 12.4. The average molecular weight is 696 g/mol. The van der Waals surface area contributed by atoms with E-state index in [4.69, 9.17) is 24.4 Å². The minimum Gasteiger partial charge on any atom is -0.508 e. The molecule has 4 aliphatic rings. The lowest BCUT2D eigenvalue weighted by Gasteiger charge is -2.37. The lowest BCUT2D eigenvalue weighted by atomic mass is 9.88. The van der Waals surface area contributed by atoms with Gasteiger partial charge in [-0.05, 0) is 111 Å². The number of likely N-dealkylation sites (tertiary alicyclic amines) is 1. The van der Waals surface area contributed by atoms with Crippen molar-refractivity contribution in [3.8, 4) is 5.75 Å². The molecule has 0 amide bonds. The van der Waals surface area contributed by atoms with E-state index in [0.29, 0.717) is 23.9 Å². The molecule has 8 heteroatoms. The predicted molar refractivity (Wildman–Crippen MR) is 208 cm³/mol. The third-order valence-corrected chi connectivity index (χ3v) is 12.4. The number of phenolic OH excluding ortho intramolecular Hbond substituents is 1. The van der Waals surface area contributed by atoms with E-state index < -0.39 is 0 Å². The first-order chi connectivity index (χ1) is 24.0. The Balaban J connectivity index is 1.11.